The summed E-state index contributed by atoms with van der Waals surface area (Å²) in [5.74, 6) is 0. The Hall–Kier alpha value is -1.38. The maximum atomic E-state index is 11.2. The van der Waals surface area contributed by atoms with Gasteiger partial charge in [-0.05, 0) is 0 Å². The third-order valence-electron chi connectivity index (χ3n) is 0.788. The van der Waals surface area contributed by atoms with Gasteiger partial charge in [-0.1, -0.05) is 0 Å². The molecule has 0 saturated carbocycles. The van der Waals surface area contributed by atoms with E-state index in [1.54, 1.807) is 0 Å². The van der Waals surface area contributed by atoms with E-state index in [9.17, 15) is 29.2 Å². The van der Waals surface area contributed by atoms with Crippen molar-refractivity contribution in [3.05, 3.63) is 20.2 Å². The molecule has 0 aliphatic heterocycles. The van der Waals surface area contributed by atoms with Crippen LogP contribution in [-0.4, -0.2) is 27.9 Å². The summed E-state index contributed by atoms with van der Waals surface area (Å²) in [5, 5.41) is 17.8. The summed E-state index contributed by atoms with van der Waals surface area (Å²) in [6.45, 7) is -1.51. The Balaban J connectivity index is 4.12. The van der Waals surface area contributed by atoms with Crippen LogP contribution >= 0.6 is 0 Å². The zero-order valence-corrected chi connectivity index (χ0v) is 5.02. The predicted octanol–water partition coefficient (Wildman–Crippen LogP) is -0.0631. The molecular weight excluding hydrogens is 168 g/mol. The molecular formula is C2H3F2N3O4. The lowest BCUT2D eigenvalue weighted by Gasteiger charge is -2.00. The van der Waals surface area contributed by atoms with E-state index >= 15 is 0 Å². The van der Waals surface area contributed by atoms with E-state index in [0.29, 0.717) is 0 Å². The van der Waals surface area contributed by atoms with Crippen molar-refractivity contribution in [1.82, 2.24) is 5.34 Å². The summed E-state index contributed by atoms with van der Waals surface area (Å²) in [5.41, 5.74) is 0. The highest BCUT2D eigenvalue weighted by molar-refractivity contribution is 4.39. The fourth-order valence-electron chi connectivity index (χ4n) is 0.334. The van der Waals surface area contributed by atoms with Gasteiger partial charge >= 0.3 is 6.17 Å². The van der Waals surface area contributed by atoms with Crippen LogP contribution in [0.4, 0.5) is 8.96 Å². The molecule has 0 aromatic rings. The molecule has 0 spiro atoms. The SMILES string of the molecule is O=[N+]([O-])C(CN(F)F)[N+](=O)[O-]. The van der Waals surface area contributed by atoms with Crippen LogP contribution in [0.25, 0.3) is 0 Å². The third-order valence-corrected chi connectivity index (χ3v) is 0.788. The largest absolute Gasteiger partial charge is 0.468 e. The minimum Gasteiger partial charge on any atom is -0.259 e. The first-order valence-corrected chi connectivity index (χ1v) is 2.31. The van der Waals surface area contributed by atoms with Gasteiger partial charge in [0.15, 0.2) is 0 Å². The summed E-state index contributed by atoms with van der Waals surface area (Å²) in [6.07, 6.45) is -2.47. The van der Waals surface area contributed by atoms with Gasteiger partial charge in [-0.3, -0.25) is 20.2 Å². The van der Waals surface area contributed by atoms with E-state index in [2.05, 4.69) is 0 Å². The first-order valence-electron chi connectivity index (χ1n) is 2.31. The van der Waals surface area contributed by atoms with Crippen LogP contribution in [0, 0.1) is 20.2 Å². The van der Waals surface area contributed by atoms with E-state index in [4.69, 9.17) is 0 Å². The summed E-state index contributed by atoms with van der Waals surface area (Å²) < 4.78 is 22.5. The van der Waals surface area contributed by atoms with E-state index in [0.717, 1.165) is 0 Å². The van der Waals surface area contributed by atoms with Crippen molar-refractivity contribution in [1.29, 1.82) is 0 Å². The molecule has 0 amide bonds. The van der Waals surface area contributed by atoms with Crippen LogP contribution < -0.4 is 0 Å². The van der Waals surface area contributed by atoms with E-state index in [1.165, 1.54) is 0 Å². The molecule has 0 saturated heterocycles. The Bertz CT molecular complexity index is 159. The van der Waals surface area contributed by atoms with Gasteiger partial charge in [-0.25, -0.2) is 0 Å². The average Bonchev–Trinajstić information content (AvgIpc) is 1.81. The number of hydrogen-bond acceptors (Lipinski definition) is 5. The molecule has 0 heterocycles. The van der Waals surface area contributed by atoms with Gasteiger partial charge in [0.25, 0.3) is 0 Å². The van der Waals surface area contributed by atoms with Crippen molar-refractivity contribution in [3.8, 4) is 0 Å². The summed E-state index contributed by atoms with van der Waals surface area (Å²) in [6, 6.07) is 0. The topological polar surface area (TPSA) is 89.5 Å². The smallest absolute Gasteiger partial charge is 0.259 e. The lowest BCUT2D eigenvalue weighted by molar-refractivity contribution is -0.744. The van der Waals surface area contributed by atoms with Gasteiger partial charge in [0, 0.05) is 5.34 Å². The van der Waals surface area contributed by atoms with E-state index in [1.807, 2.05) is 0 Å². The number of hydrogen-bond donors (Lipinski definition) is 0. The fourth-order valence-corrected chi connectivity index (χ4v) is 0.334. The van der Waals surface area contributed by atoms with Crippen molar-refractivity contribution < 1.29 is 18.8 Å². The normalized spacial score (nSPS) is 10.5. The van der Waals surface area contributed by atoms with Gasteiger partial charge in [0.2, 0.25) is 6.54 Å². The molecule has 0 aliphatic rings. The molecule has 0 N–H and O–H groups in total. The first kappa shape index (κ1) is 9.62. The predicted molar refractivity (Wildman–Crippen MR) is 26.7 cm³/mol. The second-order valence-corrected chi connectivity index (χ2v) is 1.54. The van der Waals surface area contributed by atoms with Gasteiger partial charge in [0.05, 0.1) is 9.85 Å². The molecule has 0 rings (SSSR count). The molecule has 0 aromatic heterocycles. The molecule has 0 aromatic carbocycles. The molecule has 0 atom stereocenters. The van der Waals surface area contributed by atoms with Crippen LogP contribution in [0.15, 0.2) is 0 Å². The fraction of sp³-hybridized carbons (Fsp3) is 1.00. The Morgan fingerprint density at radius 3 is 1.73 bits per heavy atom. The molecule has 11 heavy (non-hydrogen) atoms. The van der Waals surface area contributed by atoms with Gasteiger partial charge in [-0.2, -0.15) is 0 Å². The average molecular weight is 171 g/mol. The monoisotopic (exact) mass is 171 g/mol. The van der Waals surface area contributed by atoms with Crippen molar-refractivity contribution in [3.63, 3.8) is 0 Å². The van der Waals surface area contributed by atoms with E-state index < -0.39 is 27.9 Å². The molecule has 0 aliphatic carbocycles. The Kier molecular flexibility index (Phi) is 3.24. The van der Waals surface area contributed by atoms with Crippen molar-refractivity contribution in [2.45, 2.75) is 6.17 Å². The zero-order chi connectivity index (χ0) is 9.02. The minimum atomic E-state index is -2.47. The minimum absolute atomic E-state index is 1.38. The molecule has 9 heteroatoms. The van der Waals surface area contributed by atoms with Gasteiger partial charge < -0.3 is 0 Å². The molecule has 0 unspecified atom stereocenters. The van der Waals surface area contributed by atoms with Crippen LogP contribution in [0.5, 0.6) is 0 Å². The van der Waals surface area contributed by atoms with Crippen LogP contribution in [-0.2, 0) is 0 Å². The number of rotatable bonds is 4. The van der Waals surface area contributed by atoms with Crippen LogP contribution in [0.2, 0.25) is 0 Å². The summed E-state index contributed by atoms with van der Waals surface area (Å²) in [7, 11) is 0. The zero-order valence-electron chi connectivity index (χ0n) is 5.02. The summed E-state index contributed by atoms with van der Waals surface area (Å²) in [4.78, 5) is 16.6. The number of nitrogens with zero attached hydrogens (tertiary/aromatic N) is 3. The standard InChI is InChI=1S/C2H3F2N3O4/c3-5(4)1-2(6(8)9)7(10)11/h2H,1H2. The van der Waals surface area contributed by atoms with Crippen LogP contribution in [0.1, 0.15) is 0 Å². The maximum absolute atomic E-state index is 11.2. The summed E-state index contributed by atoms with van der Waals surface area (Å²) >= 11 is 0. The highest BCUT2D eigenvalue weighted by Crippen LogP contribution is 1.97. The molecule has 0 bridgehead atoms. The Morgan fingerprint density at radius 2 is 1.64 bits per heavy atom. The highest BCUT2D eigenvalue weighted by Gasteiger charge is 2.35. The lowest BCUT2D eigenvalue weighted by atomic mass is 10.5. The Labute approximate surface area is 58.4 Å². The molecule has 64 valence electrons. The third kappa shape index (κ3) is 3.35. The van der Waals surface area contributed by atoms with E-state index in [-0.39, 0.29) is 0 Å². The molecule has 0 fully saturated rings. The second-order valence-electron chi connectivity index (χ2n) is 1.54. The quantitative estimate of drug-likeness (QED) is 0.255. The number of nitro groups is 2. The Morgan fingerprint density at radius 1 is 1.27 bits per heavy atom. The van der Waals surface area contributed by atoms with Gasteiger partial charge in [-0.15, -0.1) is 8.96 Å². The molecule has 7 nitrogen and oxygen atoms in total. The molecule has 0 radical (unpaired) electrons. The van der Waals surface area contributed by atoms with Crippen molar-refractivity contribution >= 4 is 0 Å². The maximum Gasteiger partial charge on any atom is 0.468 e. The highest BCUT2D eigenvalue weighted by atomic mass is 19.4. The number of halogens is 2. The lowest BCUT2D eigenvalue weighted by Crippen LogP contribution is -2.36. The van der Waals surface area contributed by atoms with Crippen molar-refractivity contribution in [2.75, 3.05) is 6.54 Å². The first-order chi connectivity index (χ1) is 4.95. The van der Waals surface area contributed by atoms with Crippen molar-refractivity contribution in [2.24, 2.45) is 0 Å². The second kappa shape index (κ2) is 3.71. The van der Waals surface area contributed by atoms with Gasteiger partial charge in [0.1, 0.15) is 0 Å². The van der Waals surface area contributed by atoms with Crippen LogP contribution in [0.3, 0.4) is 0 Å².